The summed E-state index contributed by atoms with van der Waals surface area (Å²) in [5.41, 5.74) is 2.61. The molecule has 0 N–H and O–H groups in total. The Bertz CT molecular complexity index is 267. The molecule has 0 fully saturated rings. The first kappa shape index (κ1) is 4.95. The summed E-state index contributed by atoms with van der Waals surface area (Å²) in [6.45, 7) is 2.15. The highest BCUT2D eigenvalue weighted by atomic mass is 14.2. The maximum absolute atomic E-state index is 7.82. The molecule has 0 amide bonds. The van der Waals surface area contributed by atoms with E-state index in [0.29, 0.717) is 5.92 Å². The van der Waals surface area contributed by atoms with Crippen molar-refractivity contribution in [3.05, 3.63) is 35.4 Å². The highest BCUT2D eigenvalue weighted by Crippen LogP contribution is 2.25. The maximum atomic E-state index is 7.82. The van der Waals surface area contributed by atoms with Gasteiger partial charge in [0.15, 0.2) is 0 Å². The molecule has 0 saturated carbocycles. The van der Waals surface area contributed by atoms with Gasteiger partial charge in [-0.15, -0.1) is 0 Å². The molecule has 1 aliphatic carbocycles. The van der Waals surface area contributed by atoms with E-state index in [4.69, 9.17) is 1.37 Å². The first-order valence-electron chi connectivity index (χ1n) is 4.37. The van der Waals surface area contributed by atoms with E-state index in [-0.39, 0.29) is 6.40 Å². The lowest BCUT2D eigenvalue weighted by Gasteiger charge is -1.93. The van der Waals surface area contributed by atoms with E-state index in [9.17, 15) is 0 Å². The average molecular weight is 133 g/mol. The van der Waals surface area contributed by atoms with E-state index in [1.54, 1.807) is 0 Å². The molecule has 0 heteroatoms. The fourth-order valence-corrected chi connectivity index (χ4v) is 1.60. The van der Waals surface area contributed by atoms with Gasteiger partial charge in [-0.3, -0.25) is 0 Å². The maximum Gasteiger partial charge on any atom is 0.0319 e. The van der Waals surface area contributed by atoms with Crippen molar-refractivity contribution in [3.63, 3.8) is 0 Å². The second kappa shape index (κ2) is 2.12. The van der Waals surface area contributed by atoms with Gasteiger partial charge in [0.05, 0.1) is 0 Å². The zero-order valence-corrected chi connectivity index (χ0v) is 6.17. The van der Waals surface area contributed by atoms with Crippen molar-refractivity contribution in [1.29, 1.82) is 0 Å². The van der Waals surface area contributed by atoms with Crippen LogP contribution >= 0.6 is 0 Å². The minimum absolute atomic E-state index is 0.0196. The lowest BCUT2D eigenvalue weighted by molar-refractivity contribution is 0.628. The molecule has 10 heavy (non-hydrogen) atoms. The van der Waals surface area contributed by atoms with Gasteiger partial charge in [0.1, 0.15) is 0 Å². The van der Waals surface area contributed by atoms with Crippen LogP contribution in [0, 0.1) is 5.92 Å². The molecular formula is C10H12. The molecule has 0 saturated heterocycles. The van der Waals surface area contributed by atoms with Gasteiger partial charge in [-0.05, 0) is 29.9 Å². The van der Waals surface area contributed by atoms with E-state index in [1.807, 2.05) is 6.07 Å². The van der Waals surface area contributed by atoms with Crippen molar-refractivity contribution in [2.24, 2.45) is 5.92 Å². The van der Waals surface area contributed by atoms with Crippen LogP contribution in [0.1, 0.15) is 19.4 Å². The monoisotopic (exact) mass is 133 g/mol. The van der Waals surface area contributed by atoms with Crippen LogP contribution in [0.5, 0.6) is 0 Å². The fourth-order valence-electron chi connectivity index (χ4n) is 1.60. The SMILES string of the molecule is [2H][C@H]1c2ccccc2C[C@@H]1C. The molecule has 52 valence electrons. The van der Waals surface area contributed by atoms with Crippen LogP contribution in [0.2, 0.25) is 0 Å². The number of rotatable bonds is 0. The van der Waals surface area contributed by atoms with Crippen molar-refractivity contribution >= 4 is 0 Å². The van der Waals surface area contributed by atoms with Gasteiger partial charge in [0, 0.05) is 1.37 Å². The summed E-state index contributed by atoms with van der Waals surface area (Å²) in [5, 5.41) is 0. The summed E-state index contributed by atoms with van der Waals surface area (Å²) >= 11 is 0. The molecule has 0 unspecified atom stereocenters. The first-order valence-corrected chi connectivity index (χ1v) is 3.79. The van der Waals surface area contributed by atoms with E-state index in [0.717, 1.165) is 6.42 Å². The summed E-state index contributed by atoms with van der Waals surface area (Å²) in [7, 11) is 0. The summed E-state index contributed by atoms with van der Waals surface area (Å²) in [6.07, 6.45) is 1.11. The molecule has 1 aromatic rings. The predicted molar refractivity (Wildman–Crippen MR) is 43.0 cm³/mol. The number of fused-ring (bicyclic) bond motifs is 1. The lowest BCUT2D eigenvalue weighted by Crippen LogP contribution is -1.89. The summed E-state index contributed by atoms with van der Waals surface area (Å²) in [6, 6.07) is 8.30. The van der Waals surface area contributed by atoms with Gasteiger partial charge >= 0.3 is 0 Å². The van der Waals surface area contributed by atoms with Crippen molar-refractivity contribution in [2.75, 3.05) is 0 Å². The van der Waals surface area contributed by atoms with E-state index < -0.39 is 0 Å². The summed E-state index contributed by atoms with van der Waals surface area (Å²) in [5.74, 6) is 0.507. The molecule has 2 atom stereocenters. The summed E-state index contributed by atoms with van der Waals surface area (Å²) < 4.78 is 7.82. The van der Waals surface area contributed by atoms with Crippen LogP contribution in [0.15, 0.2) is 24.3 Å². The van der Waals surface area contributed by atoms with E-state index >= 15 is 0 Å². The van der Waals surface area contributed by atoms with Crippen LogP contribution in [0.4, 0.5) is 0 Å². The second-order valence-electron chi connectivity index (χ2n) is 3.05. The molecule has 0 spiro atoms. The highest BCUT2D eigenvalue weighted by Gasteiger charge is 2.15. The standard InChI is InChI=1S/C10H12/c1-8-6-9-4-2-3-5-10(9)7-8/h2-5,8H,6-7H2,1H3/i6D/t6-,8-/m1/s1. The van der Waals surface area contributed by atoms with Gasteiger partial charge in [0.25, 0.3) is 0 Å². The number of hydrogen-bond donors (Lipinski definition) is 0. The Morgan fingerprint density at radius 1 is 1.40 bits per heavy atom. The number of hydrogen-bond acceptors (Lipinski definition) is 0. The van der Waals surface area contributed by atoms with Gasteiger partial charge < -0.3 is 0 Å². The smallest absolute Gasteiger partial charge is 0.0319 e. The van der Waals surface area contributed by atoms with Crippen LogP contribution < -0.4 is 0 Å². The predicted octanol–water partition coefficient (Wildman–Crippen LogP) is 2.42. The Balaban J connectivity index is 2.47. The van der Waals surface area contributed by atoms with Crippen molar-refractivity contribution in [2.45, 2.75) is 19.7 Å². The molecule has 1 aliphatic rings. The van der Waals surface area contributed by atoms with Gasteiger partial charge in [-0.1, -0.05) is 31.2 Å². The topological polar surface area (TPSA) is 0 Å². The van der Waals surface area contributed by atoms with Crippen LogP contribution in [-0.4, -0.2) is 0 Å². The second-order valence-corrected chi connectivity index (χ2v) is 3.05. The quantitative estimate of drug-likeness (QED) is 0.510. The molecule has 0 aliphatic heterocycles. The van der Waals surface area contributed by atoms with Crippen LogP contribution in [0.25, 0.3) is 0 Å². The van der Waals surface area contributed by atoms with Crippen molar-refractivity contribution < 1.29 is 1.37 Å². The Kier molecular flexibility index (Phi) is 1.05. The lowest BCUT2D eigenvalue weighted by atomic mass is 10.1. The highest BCUT2D eigenvalue weighted by molar-refractivity contribution is 5.31. The molecule has 0 aromatic heterocycles. The zero-order valence-electron chi connectivity index (χ0n) is 7.17. The third kappa shape index (κ3) is 0.841. The molecule has 1 aromatic carbocycles. The minimum Gasteiger partial charge on any atom is -0.0620 e. The van der Waals surface area contributed by atoms with Gasteiger partial charge in [0.2, 0.25) is 0 Å². The molecule has 0 bridgehead atoms. The molecule has 0 nitrogen and oxygen atoms in total. The Morgan fingerprint density at radius 2 is 2.10 bits per heavy atom. The molecule has 0 radical (unpaired) electrons. The van der Waals surface area contributed by atoms with Crippen LogP contribution in [0.3, 0.4) is 0 Å². The third-order valence-electron chi connectivity index (χ3n) is 2.06. The Hall–Kier alpha value is -0.780. The minimum atomic E-state index is 0.0196. The molecule has 0 heterocycles. The Morgan fingerprint density at radius 3 is 2.80 bits per heavy atom. The van der Waals surface area contributed by atoms with Gasteiger partial charge in [-0.2, -0.15) is 0 Å². The van der Waals surface area contributed by atoms with Crippen LogP contribution in [-0.2, 0) is 12.8 Å². The zero-order chi connectivity index (χ0) is 7.84. The van der Waals surface area contributed by atoms with Crippen molar-refractivity contribution in [3.8, 4) is 0 Å². The largest absolute Gasteiger partial charge is 0.0620 e. The van der Waals surface area contributed by atoms with E-state index in [1.165, 1.54) is 11.1 Å². The third-order valence-corrected chi connectivity index (χ3v) is 2.06. The number of benzene rings is 1. The Labute approximate surface area is 63.3 Å². The van der Waals surface area contributed by atoms with Crippen molar-refractivity contribution in [1.82, 2.24) is 0 Å². The molecule has 2 rings (SSSR count). The van der Waals surface area contributed by atoms with E-state index in [2.05, 4.69) is 25.1 Å². The first-order chi connectivity index (χ1) is 5.29. The average Bonchev–Trinajstić information content (AvgIpc) is 2.30. The van der Waals surface area contributed by atoms with Gasteiger partial charge in [-0.25, -0.2) is 0 Å². The normalized spacial score (nSPS) is 31.5. The summed E-state index contributed by atoms with van der Waals surface area (Å²) in [4.78, 5) is 0. The fraction of sp³-hybridized carbons (Fsp3) is 0.400. The molecular weight excluding hydrogens is 120 g/mol.